The van der Waals surface area contributed by atoms with Crippen LogP contribution >= 0.6 is 15.9 Å². The maximum atomic E-state index is 11.7. The Morgan fingerprint density at radius 2 is 2.00 bits per heavy atom. The van der Waals surface area contributed by atoms with E-state index in [0.717, 1.165) is 22.5 Å². The summed E-state index contributed by atoms with van der Waals surface area (Å²) in [5.74, 6) is 1.68. The van der Waals surface area contributed by atoms with Crippen LogP contribution in [0, 0.1) is 0 Å². The molecule has 0 radical (unpaired) electrons. The fraction of sp³-hybridized carbons (Fsp3) is 0.714. The first kappa shape index (κ1) is 16.7. The molecule has 1 saturated heterocycles. The molecular formula is C14H22BrN3O2S. The molecule has 0 bridgehead atoms. The average molecular weight is 376 g/mol. The Balaban J connectivity index is 2.49. The third-order valence-corrected chi connectivity index (χ3v) is 6.04. The van der Waals surface area contributed by atoms with E-state index in [-0.39, 0.29) is 22.8 Å². The molecule has 0 saturated carbocycles. The van der Waals surface area contributed by atoms with Crippen LogP contribution in [0.3, 0.4) is 0 Å². The molecule has 118 valence electrons. The number of aromatic nitrogens is 2. The van der Waals surface area contributed by atoms with Crippen molar-refractivity contribution in [3.63, 3.8) is 0 Å². The normalized spacial score (nSPS) is 21.5. The maximum absolute atomic E-state index is 11.7. The molecule has 7 heteroatoms. The minimum absolute atomic E-state index is 0.0957. The van der Waals surface area contributed by atoms with Gasteiger partial charge in [0, 0.05) is 17.9 Å². The molecule has 1 aromatic rings. The lowest BCUT2D eigenvalue weighted by Crippen LogP contribution is -2.20. The molecule has 0 amide bonds. The molecule has 1 N–H and O–H groups in total. The Morgan fingerprint density at radius 3 is 2.48 bits per heavy atom. The van der Waals surface area contributed by atoms with Gasteiger partial charge in [0.1, 0.15) is 11.6 Å². The molecule has 1 atom stereocenters. The Bertz CT molecular complexity index is 638. The fourth-order valence-corrected chi connectivity index (χ4v) is 5.08. The van der Waals surface area contributed by atoms with Crippen molar-refractivity contribution < 1.29 is 8.42 Å². The second-order valence-electron chi connectivity index (χ2n) is 6.47. The first-order valence-electron chi connectivity index (χ1n) is 7.16. The third kappa shape index (κ3) is 3.74. The second-order valence-corrected chi connectivity index (χ2v) is 9.50. The predicted octanol–water partition coefficient (Wildman–Crippen LogP) is 2.87. The zero-order valence-electron chi connectivity index (χ0n) is 12.9. The van der Waals surface area contributed by atoms with Gasteiger partial charge in [0.05, 0.1) is 21.7 Å². The standard InChI is InChI=1S/C14H22BrN3O2S/c1-5-16-13-10(15)11(14(2,3)4)17-12(18-13)9-6-7-21(19,20)8-9/h9H,5-8H2,1-4H3,(H,16,17,18). The summed E-state index contributed by atoms with van der Waals surface area (Å²) in [4.78, 5) is 9.22. The lowest BCUT2D eigenvalue weighted by Gasteiger charge is -2.23. The molecule has 21 heavy (non-hydrogen) atoms. The molecule has 0 aromatic carbocycles. The van der Waals surface area contributed by atoms with E-state index in [1.165, 1.54) is 0 Å². The van der Waals surface area contributed by atoms with Crippen LogP contribution in [0.25, 0.3) is 0 Å². The summed E-state index contributed by atoms with van der Waals surface area (Å²) >= 11 is 3.58. The van der Waals surface area contributed by atoms with Crippen molar-refractivity contribution in [2.24, 2.45) is 0 Å². The van der Waals surface area contributed by atoms with Gasteiger partial charge >= 0.3 is 0 Å². The highest BCUT2D eigenvalue weighted by Crippen LogP contribution is 2.35. The van der Waals surface area contributed by atoms with Crippen LogP contribution in [0.4, 0.5) is 5.82 Å². The lowest BCUT2D eigenvalue weighted by atomic mass is 9.91. The van der Waals surface area contributed by atoms with Crippen molar-refractivity contribution >= 4 is 31.6 Å². The number of nitrogens with zero attached hydrogens (tertiary/aromatic N) is 2. The minimum atomic E-state index is -2.94. The summed E-state index contributed by atoms with van der Waals surface area (Å²) in [6.45, 7) is 9.02. The highest BCUT2D eigenvalue weighted by molar-refractivity contribution is 9.10. The highest BCUT2D eigenvalue weighted by Gasteiger charge is 2.33. The number of nitrogens with one attached hydrogen (secondary N) is 1. The van der Waals surface area contributed by atoms with Gasteiger partial charge in [0.2, 0.25) is 0 Å². The Kier molecular flexibility index (Phi) is 4.63. The number of halogens is 1. The minimum Gasteiger partial charge on any atom is -0.369 e. The molecule has 1 fully saturated rings. The van der Waals surface area contributed by atoms with Crippen molar-refractivity contribution in [2.45, 2.75) is 45.4 Å². The summed E-state index contributed by atoms with van der Waals surface area (Å²) in [5, 5.41) is 3.23. The van der Waals surface area contributed by atoms with E-state index in [2.05, 4.69) is 52.0 Å². The zero-order valence-corrected chi connectivity index (χ0v) is 15.3. The summed E-state index contributed by atoms with van der Waals surface area (Å²) in [6, 6.07) is 0. The largest absolute Gasteiger partial charge is 0.369 e. The number of sulfone groups is 1. The Morgan fingerprint density at radius 1 is 1.33 bits per heavy atom. The van der Waals surface area contributed by atoms with E-state index in [1.54, 1.807) is 0 Å². The van der Waals surface area contributed by atoms with E-state index in [9.17, 15) is 8.42 Å². The quantitative estimate of drug-likeness (QED) is 0.878. The highest BCUT2D eigenvalue weighted by atomic mass is 79.9. The number of rotatable bonds is 3. The van der Waals surface area contributed by atoms with E-state index in [0.29, 0.717) is 12.2 Å². The van der Waals surface area contributed by atoms with Crippen LogP contribution in [-0.4, -0.2) is 36.4 Å². The summed E-state index contributed by atoms with van der Waals surface area (Å²) in [6.07, 6.45) is 0.610. The molecule has 1 unspecified atom stereocenters. The van der Waals surface area contributed by atoms with E-state index in [4.69, 9.17) is 0 Å². The topological polar surface area (TPSA) is 72.0 Å². The number of anilines is 1. The molecule has 2 rings (SSSR count). The van der Waals surface area contributed by atoms with Crippen molar-refractivity contribution in [1.82, 2.24) is 9.97 Å². The van der Waals surface area contributed by atoms with Gasteiger partial charge < -0.3 is 5.32 Å². The summed E-state index contributed by atoms with van der Waals surface area (Å²) in [5.41, 5.74) is 0.769. The number of hydrogen-bond acceptors (Lipinski definition) is 5. The van der Waals surface area contributed by atoms with E-state index in [1.807, 2.05) is 6.92 Å². The van der Waals surface area contributed by atoms with Crippen molar-refractivity contribution in [3.8, 4) is 0 Å². The first-order chi connectivity index (χ1) is 9.64. The van der Waals surface area contributed by atoms with Gasteiger partial charge in [0.15, 0.2) is 9.84 Å². The van der Waals surface area contributed by atoms with Gasteiger partial charge in [-0.3, -0.25) is 0 Å². The van der Waals surface area contributed by atoms with Gasteiger partial charge in [0.25, 0.3) is 0 Å². The zero-order chi connectivity index (χ0) is 15.8. The molecule has 1 aliphatic heterocycles. The van der Waals surface area contributed by atoms with Crippen LogP contribution in [0.5, 0.6) is 0 Å². The average Bonchev–Trinajstić information content (AvgIpc) is 2.71. The summed E-state index contributed by atoms with van der Waals surface area (Å²) < 4.78 is 24.2. The number of hydrogen-bond donors (Lipinski definition) is 1. The second kappa shape index (κ2) is 5.83. The maximum Gasteiger partial charge on any atom is 0.151 e. The van der Waals surface area contributed by atoms with Crippen LogP contribution < -0.4 is 5.32 Å². The van der Waals surface area contributed by atoms with Crippen LogP contribution in [-0.2, 0) is 15.3 Å². The molecule has 5 nitrogen and oxygen atoms in total. The van der Waals surface area contributed by atoms with Gasteiger partial charge in [-0.05, 0) is 29.3 Å². The third-order valence-electron chi connectivity index (χ3n) is 3.52. The van der Waals surface area contributed by atoms with Gasteiger partial charge in [-0.1, -0.05) is 20.8 Å². The molecular weight excluding hydrogens is 354 g/mol. The summed E-state index contributed by atoms with van der Waals surface area (Å²) in [7, 11) is -2.94. The smallest absolute Gasteiger partial charge is 0.151 e. The van der Waals surface area contributed by atoms with Crippen molar-refractivity contribution in [2.75, 3.05) is 23.4 Å². The molecule has 1 aromatic heterocycles. The van der Waals surface area contributed by atoms with Crippen molar-refractivity contribution in [1.29, 1.82) is 0 Å². The van der Waals surface area contributed by atoms with Gasteiger partial charge in [-0.15, -0.1) is 0 Å². The fourth-order valence-electron chi connectivity index (χ4n) is 2.43. The van der Waals surface area contributed by atoms with Crippen LogP contribution in [0.15, 0.2) is 4.47 Å². The SMILES string of the molecule is CCNc1nc(C2CCS(=O)(=O)C2)nc(C(C)(C)C)c1Br. The van der Waals surface area contributed by atoms with Gasteiger partial charge in [-0.25, -0.2) is 18.4 Å². The Labute approximate surface area is 135 Å². The molecule has 0 aliphatic carbocycles. The van der Waals surface area contributed by atoms with E-state index >= 15 is 0 Å². The molecule has 1 aliphatic rings. The Hall–Kier alpha value is -0.690. The van der Waals surface area contributed by atoms with Crippen LogP contribution in [0.1, 0.15) is 51.6 Å². The molecule has 2 heterocycles. The predicted molar refractivity (Wildman–Crippen MR) is 88.6 cm³/mol. The van der Waals surface area contributed by atoms with Crippen LogP contribution in [0.2, 0.25) is 0 Å². The molecule has 0 spiro atoms. The van der Waals surface area contributed by atoms with Gasteiger partial charge in [-0.2, -0.15) is 0 Å². The first-order valence-corrected chi connectivity index (χ1v) is 9.77. The monoisotopic (exact) mass is 375 g/mol. The lowest BCUT2D eigenvalue weighted by molar-refractivity contribution is 0.552. The van der Waals surface area contributed by atoms with E-state index < -0.39 is 9.84 Å². The van der Waals surface area contributed by atoms with Crippen molar-refractivity contribution in [3.05, 3.63) is 16.0 Å².